The van der Waals surface area contributed by atoms with Gasteiger partial charge in [-0.15, -0.1) is 0 Å². The van der Waals surface area contributed by atoms with Gasteiger partial charge in [0, 0.05) is 11.8 Å². The fraction of sp³-hybridized carbons (Fsp3) is 0.167. The summed E-state index contributed by atoms with van der Waals surface area (Å²) in [6, 6.07) is 7.51. The van der Waals surface area contributed by atoms with Crippen molar-refractivity contribution in [1.29, 1.82) is 0 Å². The van der Waals surface area contributed by atoms with Crippen LogP contribution >= 0.6 is 0 Å². The molecular formula is C12H14N4O. The van der Waals surface area contributed by atoms with Crippen LogP contribution in [0.1, 0.15) is 11.1 Å². The van der Waals surface area contributed by atoms with Crippen LogP contribution in [-0.4, -0.2) is 9.97 Å². The number of aryl methyl sites for hydroxylation is 2. The highest BCUT2D eigenvalue weighted by atomic mass is 16.1. The highest BCUT2D eigenvalue weighted by Crippen LogP contribution is 2.18. The maximum absolute atomic E-state index is 11.1. The van der Waals surface area contributed by atoms with E-state index >= 15 is 0 Å². The first-order valence-electron chi connectivity index (χ1n) is 5.26. The molecule has 0 aliphatic heterocycles. The molecule has 88 valence electrons. The van der Waals surface area contributed by atoms with Crippen molar-refractivity contribution in [2.75, 3.05) is 11.1 Å². The van der Waals surface area contributed by atoms with Crippen LogP contribution in [0.5, 0.6) is 0 Å². The Kier molecular flexibility index (Phi) is 2.82. The lowest BCUT2D eigenvalue weighted by Crippen LogP contribution is -2.14. The number of nitrogens with one attached hydrogen (secondary N) is 2. The molecule has 5 nitrogen and oxygen atoms in total. The summed E-state index contributed by atoms with van der Waals surface area (Å²) in [7, 11) is 0. The molecule has 5 heteroatoms. The first kappa shape index (κ1) is 11.2. The molecule has 1 heterocycles. The Morgan fingerprint density at radius 1 is 1.24 bits per heavy atom. The normalized spacial score (nSPS) is 10.2. The van der Waals surface area contributed by atoms with Gasteiger partial charge < -0.3 is 11.1 Å². The van der Waals surface area contributed by atoms with Crippen molar-refractivity contribution in [3.05, 3.63) is 45.9 Å². The first-order valence-corrected chi connectivity index (χ1v) is 5.26. The number of aromatic amines is 1. The van der Waals surface area contributed by atoms with Crippen LogP contribution < -0.4 is 16.7 Å². The molecule has 0 aliphatic rings. The van der Waals surface area contributed by atoms with Gasteiger partial charge in [0.15, 0.2) is 0 Å². The highest BCUT2D eigenvalue weighted by Gasteiger charge is 2.00. The van der Waals surface area contributed by atoms with Crippen LogP contribution in [0.3, 0.4) is 0 Å². The number of hydrogen-bond donors (Lipinski definition) is 3. The van der Waals surface area contributed by atoms with Crippen LogP contribution in [0.2, 0.25) is 0 Å². The summed E-state index contributed by atoms with van der Waals surface area (Å²) in [5.74, 6) is 0.728. The lowest BCUT2D eigenvalue weighted by Gasteiger charge is -2.07. The second-order valence-electron chi connectivity index (χ2n) is 3.95. The van der Waals surface area contributed by atoms with Crippen molar-refractivity contribution in [3.8, 4) is 0 Å². The molecule has 2 aromatic rings. The molecule has 0 radical (unpaired) electrons. The van der Waals surface area contributed by atoms with Crippen LogP contribution in [0.25, 0.3) is 0 Å². The quantitative estimate of drug-likeness (QED) is 0.733. The van der Waals surface area contributed by atoms with E-state index in [4.69, 9.17) is 5.73 Å². The number of nitrogen functional groups attached to an aromatic ring is 1. The molecule has 1 aromatic carbocycles. The van der Waals surface area contributed by atoms with Gasteiger partial charge in [-0.3, -0.25) is 4.98 Å². The minimum Gasteiger partial charge on any atom is -0.385 e. The third-order valence-corrected chi connectivity index (χ3v) is 2.54. The SMILES string of the molecule is Cc1ccc(Nc2cc(N)[nH]c(=O)n2)cc1C. The first-order chi connectivity index (χ1) is 8.04. The zero-order valence-corrected chi connectivity index (χ0v) is 9.74. The molecule has 0 fully saturated rings. The molecule has 0 amide bonds. The monoisotopic (exact) mass is 230 g/mol. The van der Waals surface area contributed by atoms with Gasteiger partial charge in [0.2, 0.25) is 0 Å². The van der Waals surface area contributed by atoms with E-state index in [2.05, 4.69) is 15.3 Å². The summed E-state index contributed by atoms with van der Waals surface area (Å²) < 4.78 is 0. The lowest BCUT2D eigenvalue weighted by atomic mass is 10.1. The van der Waals surface area contributed by atoms with Gasteiger partial charge in [-0.1, -0.05) is 6.07 Å². The molecule has 1 aromatic heterocycles. The topological polar surface area (TPSA) is 83.8 Å². The second-order valence-corrected chi connectivity index (χ2v) is 3.95. The molecule has 17 heavy (non-hydrogen) atoms. The van der Waals surface area contributed by atoms with Gasteiger partial charge in [-0.05, 0) is 37.1 Å². The number of aromatic nitrogens is 2. The van der Waals surface area contributed by atoms with Crippen LogP contribution in [0.15, 0.2) is 29.1 Å². The summed E-state index contributed by atoms with van der Waals surface area (Å²) in [6.07, 6.45) is 0. The second kappa shape index (κ2) is 4.29. The van der Waals surface area contributed by atoms with Crippen molar-refractivity contribution in [1.82, 2.24) is 9.97 Å². The Hall–Kier alpha value is -2.30. The summed E-state index contributed by atoms with van der Waals surface area (Å²) >= 11 is 0. The largest absolute Gasteiger partial charge is 0.385 e. The van der Waals surface area contributed by atoms with Crippen molar-refractivity contribution < 1.29 is 0 Å². The van der Waals surface area contributed by atoms with E-state index in [-0.39, 0.29) is 5.82 Å². The predicted octanol–water partition coefficient (Wildman–Crippen LogP) is 1.71. The van der Waals surface area contributed by atoms with E-state index < -0.39 is 5.69 Å². The van der Waals surface area contributed by atoms with E-state index in [0.29, 0.717) is 5.82 Å². The smallest absolute Gasteiger partial charge is 0.348 e. The Morgan fingerprint density at radius 3 is 2.65 bits per heavy atom. The van der Waals surface area contributed by atoms with E-state index in [1.165, 1.54) is 11.1 Å². The number of anilines is 3. The molecule has 0 unspecified atom stereocenters. The van der Waals surface area contributed by atoms with Gasteiger partial charge in [0.05, 0.1) is 0 Å². The Morgan fingerprint density at radius 2 is 2.00 bits per heavy atom. The zero-order valence-electron chi connectivity index (χ0n) is 9.74. The zero-order chi connectivity index (χ0) is 12.4. The van der Waals surface area contributed by atoms with Gasteiger partial charge >= 0.3 is 5.69 Å². The number of H-pyrrole nitrogens is 1. The standard InChI is InChI=1S/C12H14N4O/c1-7-3-4-9(5-8(7)2)14-11-6-10(13)15-12(17)16-11/h3-6H,1-2H3,(H4,13,14,15,16,17). The van der Waals surface area contributed by atoms with Gasteiger partial charge in [0.25, 0.3) is 0 Å². The molecule has 4 N–H and O–H groups in total. The van der Waals surface area contributed by atoms with Gasteiger partial charge in [-0.25, -0.2) is 4.79 Å². The highest BCUT2D eigenvalue weighted by molar-refractivity contribution is 5.59. The van der Waals surface area contributed by atoms with Crippen LogP contribution in [0, 0.1) is 13.8 Å². The summed E-state index contributed by atoms with van der Waals surface area (Å²) in [5.41, 5.74) is 8.34. The van der Waals surface area contributed by atoms with Crippen LogP contribution in [0.4, 0.5) is 17.3 Å². The summed E-state index contributed by atoms with van der Waals surface area (Å²) in [4.78, 5) is 17.3. The number of rotatable bonds is 2. The fourth-order valence-corrected chi connectivity index (χ4v) is 1.51. The van der Waals surface area contributed by atoms with E-state index in [9.17, 15) is 4.79 Å². The molecule has 0 saturated heterocycles. The average Bonchev–Trinajstić information content (AvgIpc) is 2.22. The van der Waals surface area contributed by atoms with E-state index in [0.717, 1.165) is 5.69 Å². The molecule has 0 spiro atoms. The number of hydrogen-bond acceptors (Lipinski definition) is 4. The van der Waals surface area contributed by atoms with Crippen molar-refractivity contribution >= 4 is 17.3 Å². The third-order valence-electron chi connectivity index (χ3n) is 2.54. The fourth-order valence-electron chi connectivity index (χ4n) is 1.51. The Balaban J connectivity index is 2.31. The van der Waals surface area contributed by atoms with Crippen molar-refractivity contribution in [2.45, 2.75) is 13.8 Å². The van der Waals surface area contributed by atoms with E-state index in [1.54, 1.807) is 6.07 Å². The molecule has 0 atom stereocenters. The molecule has 2 rings (SSSR count). The predicted molar refractivity (Wildman–Crippen MR) is 68.5 cm³/mol. The third kappa shape index (κ3) is 2.63. The minimum atomic E-state index is -0.462. The van der Waals surface area contributed by atoms with Crippen LogP contribution in [-0.2, 0) is 0 Å². The molecule has 0 saturated carbocycles. The minimum absolute atomic E-state index is 0.288. The lowest BCUT2D eigenvalue weighted by molar-refractivity contribution is 1.09. The van der Waals surface area contributed by atoms with Crippen molar-refractivity contribution in [2.24, 2.45) is 0 Å². The molecule has 0 aliphatic carbocycles. The molecular weight excluding hydrogens is 216 g/mol. The Labute approximate surface area is 98.7 Å². The number of nitrogens with two attached hydrogens (primary N) is 1. The molecule has 0 bridgehead atoms. The van der Waals surface area contributed by atoms with Crippen molar-refractivity contribution in [3.63, 3.8) is 0 Å². The number of nitrogens with zero attached hydrogens (tertiary/aromatic N) is 1. The summed E-state index contributed by atoms with van der Waals surface area (Å²) in [6.45, 7) is 4.07. The maximum Gasteiger partial charge on any atom is 0.348 e. The Bertz CT molecular complexity index is 604. The van der Waals surface area contributed by atoms with E-state index in [1.807, 2.05) is 32.0 Å². The summed E-state index contributed by atoms with van der Waals surface area (Å²) in [5, 5.41) is 3.04. The maximum atomic E-state index is 11.1. The average molecular weight is 230 g/mol. The number of benzene rings is 1. The van der Waals surface area contributed by atoms with Gasteiger partial charge in [-0.2, -0.15) is 4.98 Å². The van der Waals surface area contributed by atoms with Gasteiger partial charge in [0.1, 0.15) is 11.6 Å².